The molecule has 86 valence electrons. The van der Waals surface area contributed by atoms with Gasteiger partial charge in [-0.3, -0.25) is 4.84 Å². The fourth-order valence-corrected chi connectivity index (χ4v) is 1.18. The van der Waals surface area contributed by atoms with Crippen LogP contribution in [0, 0.1) is 0 Å². The van der Waals surface area contributed by atoms with Crippen LogP contribution in [0.3, 0.4) is 0 Å². The Labute approximate surface area is 86.2 Å². The molecular formula is C10H23NO3. The van der Waals surface area contributed by atoms with Gasteiger partial charge in [-0.15, -0.1) is 0 Å². The zero-order valence-corrected chi connectivity index (χ0v) is 9.04. The molecule has 0 heterocycles. The average Bonchev–Trinajstić information content (AvgIpc) is 2.15. The second kappa shape index (κ2) is 10.9. The molecule has 3 N–H and O–H groups in total. The van der Waals surface area contributed by atoms with Gasteiger partial charge >= 0.3 is 0 Å². The van der Waals surface area contributed by atoms with Crippen LogP contribution in [-0.4, -0.2) is 29.7 Å². The number of hydrogen-bond acceptors (Lipinski definition) is 4. The minimum Gasteiger partial charge on any atom is -0.366 e. The highest BCUT2D eigenvalue weighted by atomic mass is 16.7. The van der Waals surface area contributed by atoms with E-state index in [-0.39, 0.29) is 6.61 Å². The molecule has 0 rings (SSSR count). The fourth-order valence-electron chi connectivity index (χ4n) is 1.18. The third-order valence-corrected chi connectivity index (χ3v) is 1.97. The van der Waals surface area contributed by atoms with E-state index in [1.807, 2.05) is 0 Å². The summed E-state index contributed by atoms with van der Waals surface area (Å²) in [5.41, 5.74) is 2.69. The summed E-state index contributed by atoms with van der Waals surface area (Å²) in [7, 11) is 0. The minimum absolute atomic E-state index is 0.0736. The smallest absolute Gasteiger partial charge is 0.177 e. The van der Waals surface area contributed by atoms with Crippen molar-refractivity contribution in [1.82, 2.24) is 5.48 Å². The molecule has 0 aromatic heterocycles. The molecule has 0 aliphatic heterocycles. The van der Waals surface area contributed by atoms with Gasteiger partial charge in [0.05, 0.1) is 0 Å². The highest BCUT2D eigenvalue weighted by molar-refractivity contribution is 4.44. The highest BCUT2D eigenvalue weighted by Gasteiger charge is 1.95. The topological polar surface area (TPSA) is 61.7 Å². The molecule has 0 aliphatic carbocycles. The van der Waals surface area contributed by atoms with Gasteiger partial charge in [0.15, 0.2) is 6.29 Å². The van der Waals surface area contributed by atoms with Crippen LogP contribution in [0.15, 0.2) is 0 Å². The van der Waals surface area contributed by atoms with Crippen molar-refractivity contribution in [2.75, 3.05) is 13.2 Å². The maximum absolute atomic E-state index is 8.44. The van der Waals surface area contributed by atoms with E-state index in [1.165, 1.54) is 32.1 Å². The van der Waals surface area contributed by atoms with Gasteiger partial charge in [0.25, 0.3) is 0 Å². The number of aliphatic hydroxyl groups excluding tert-OH is 1. The predicted octanol–water partition coefficient (Wildman–Crippen LogP) is 1.18. The Morgan fingerprint density at radius 1 is 1.07 bits per heavy atom. The molecule has 0 bridgehead atoms. The third-order valence-electron chi connectivity index (χ3n) is 1.97. The van der Waals surface area contributed by atoms with Crippen molar-refractivity contribution in [2.45, 2.75) is 51.7 Å². The van der Waals surface area contributed by atoms with Crippen LogP contribution in [0.1, 0.15) is 45.4 Å². The van der Waals surface area contributed by atoms with Gasteiger partial charge in [-0.1, -0.05) is 39.0 Å². The number of unbranched alkanes of at least 4 members (excludes halogenated alkanes) is 5. The molecule has 0 aromatic carbocycles. The van der Waals surface area contributed by atoms with E-state index < -0.39 is 6.29 Å². The average molecular weight is 205 g/mol. The molecule has 0 atom stereocenters. The molecule has 0 amide bonds. The lowest BCUT2D eigenvalue weighted by molar-refractivity contribution is -0.117. The van der Waals surface area contributed by atoms with Crippen LogP contribution in [-0.2, 0) is 4.84 Å². The first-order chi connectivity index (χ1) is 6.77. The fraction of sp³-hybridized carbons (Fsp3) is 1.00. The molecule has 0 aliphatic rings. The van der Waals surface area contributed by atoms with Gasteiger partial charge in [0.2, 0.25) is 0 Å². The van der Waals surface area contributed by atoms with Crippen molar-refractivity contribution in [1.29, 1.82) is 0 Å². The molecule has 0 fully saturated rings. The number of hydrogen-bond donors (Lipinski definition) is 3. The van der Waals surface area contributed by atoms with Crippen molar-refractivity contribution in [3.63, 3.8) is 0 Å². The lowest BCUT2D eigenvalue weighted by Crippen LogP contribution is -2.23. The first kappa shape index (κ1) is 13.8. The molecule has 0 saturated heterocycles. The zero-order valence-electron chi connectivity index (χ0n) is 9.04. The van der Waals surface area contributed by atoms with Crippen molar-refractivity contribution >= 4 is 0 Å². The normalized spacial score (nSPS) is 11.1. The summed E-state index contributed by atoms with van der Waals surface area (Å²) in [4.78, 5) is 4.77. The second-order valence-corrected chi connectivity index (χ2v) is 3.45. The predicted molar refractivity (Wildman–Crippen MR) is 55.6 cm³/mol. The molecule has 0 radical (unpaired) electrons. The van der Waals surface area contributed by atoms with Crippen LogP contribution in [0.2, 0.25) is 0 Å². The van der Waals surface area contributed by atoms with E-state index in [4.69, 9.17) is 15.1 Å². The van der Waals surface area contributed by atoms with Gasteiger partial charge in [-0.05, 0) is 6.42 Å². The number of aliphatic hydroxyl groups is 2. The molecule has 0 saturated carbocycles. The van der Waals surface area contributed by atoms with Gasteiger partial charge in [-0.2, -0.15) is 0 Å². The van der Waals surface area contributed by atoms with Crippen molar-refractivity contribution in [3.05, 3.63) is 0 Å². The molecule has 0 aromatic rings. The lowest BCUT2D eigenvalue weighted by atomic mass is 10.1. The Morgan fingerprint density at radius 3 is 2.36 bits per heavy atom. The zero-order chi connectivity index (χ0) is 10.6. The van der Waals surface area contributed by atoms with E-state index in [0.29, 0.717) is 0 Å². The summed E-state index contributed by atoms with van der Waals surface area (Å²) in [5, 5.41) is 16.9. The highest BCUT2D eigenvalue weighted by Crippen LogP contribution is 2.03. The van der Waals surface area contributed by atoms with E-state index in [2.05, 4.69) is 12.4 Å². The van der Waals surface area contributed by atoms with E-state index in [1.54, 1.807) is 0 Å². The van der Waals surface area contributed by atoms with Crippen molar-refractivity contribution in [2.24, 2.45) is 0 Å². The van der Waals surface area contributed by atoms with Gasteiger partial charge in [0.1, 0.15) is 6.61 Å². The Kier molecular flexibility index (Phi) is 10.8. The summed E-state index contributed by atoms with van der Waals surface area (Å²) in [6.45, 7) is 2.91. The Bertz CT molecular complexity index is 110. The SMILES string of the molecule is CCCCCCCCNOCC(O)O. The van der Waals surface area contributed by atoms with Crippen molar-refractivity contribution in [3.8, 4) is 0 Å². The largest absolute Gasteiger partial charge is 0.366 e. The van der Waals surface area contributed by atoms with Gasteiger partial charge in [-0.25, -0.2) is 5.48 Å². The van der Waals surface area contributed by atoms with Crippen molar-refractivity contribution < 1.29 is 15.1 Å². The lowest BCUT2D eigenvalue weighted by Gasteiger charge is -2.06. The number of rotatable bonds is 10. The first-order valence-electron chi connectivity index (χ1n) is 5.48. The van der Waals surface area contributed by atoms with Crippen LogP contribution in [0.4, 0.5) is 0 Å². The molecule has 4 nitrogen and oxygen atoms in total. The standard InChI is InChI=1S/C10H23NO3/c1-2-3-4-5-6-7-8-11-14-9-10(12)13/h10-13H,2-9H2,1H3. The Balaban J connectivity index is 2.85. The van der Waals surface area contributed by atoms with E-state index in [0.717, 1.165) is 13.0 Å². The molecule has 4 heteroatoms. The summed E-state index contributed by atoms with van der Waals surface area (Å²) in [6, 6.07) is 0. The van der Waals surface area contributed by atoms with Crippen LogP contribution < -0.4 is 5.48 Å². The maximum atomic E-state index is 8.44. The van der Waals surface area contributed by atoms with Gasteiger partial charge in [0, 0.05) is 6.54 Å². The maximum Gasteiger partial charge on any atom is 0.177 e. The molecule has 14 heavy (non-hydrogen) atoms. The second-order valence-electron chi connectivity index (χ2n) is 3.45. The van der Waals surface area contributed by atoms with Crippen LogP contribution in [0.5, 0.6) is 0 Å². The summed E-state index contributed by atoms with van der Waals surface area (Å²) in [5.74, 6) is 0. The monoisotopic (exact) mass is 205 g/mol. The van der Waals surface area contributed by atoms with E-state index >= 15 is 0 Å². The summed E-state index contributed by atoms with van der Waals surface area (Å²) in [6.07, 6.45) is 6.08. The summed E-state index contributed by atoms with van der Waals surface area (Å²) < 4.78 is 0. The molecule has 0 unspecified atom stereocenters. The number of nitrogens with one attached hydrogen (secondary N) is 1. The molecule has 0 spiro atoms. The Morgan fingerprint density at radius 2 is 1.71 bits per heavy atom. The number of hydroxylamine groups is 1. The summed E-state index contributed by atoms with van der Waals surface area (Å²) >= 11 is 0. The van der Waals surface area contributed by atoms with Crippen LogP contribution in [0.25, 0.3) is 0 Å². The minimum atomic E-state index is -1.38. The third kappa shape index (κ3) is 11.8. The van der Waals surface area contributed by atoms with E-state index in [9.17, 15) is 0 Å². The van der Waals surface area contributed by atoms with Gasteiger partial charge < -0.3 is 10.2 Å². The quantitative estimate of drug-likeness (QED) is 0.285. The Hall–Kier alpha value is -0.160. The van der Waals surface area contributed by atoms with Crippen LogP contribution >= 0.6 is 0 Å². The molecular weight excluding hydrogens is 182 g/mol. The first-order valence-corrected chi connectivity index (χ1v) is 5.48.